The SMILES string of the molecule is Cc1ccc(C2=N/C(=C\c3ccc(Br)cc3)C(=O)N2c2cccc(C)c2)cc1. The molecule has 138 valence electrons. The highest BCUT2D eigenvalue weighted by Gasteiger charge is 2.32. The molecule has 3 aromatic rings. The molecule has 1 aliphatic heterocycles. The minimum Gasteiger partial charge on any atom is -0.266 e. The first-order valence-electron chi connectivity index (χ1n) is 9.05. The first-order chi connectivity index (χ1) is 13.5. The summed E-state index contributed by atoms with van der Waals surface area (Å²) in [6, 6.07) is 23.8. The van der Waals surface area contributed by atoms with Crippen molar-refractivity contribution in [3.63, 3.8) is 0 Å². The summed E-state index contributed by atoms with van der Waals surface area (Å²) in [4.78, 5) is 19.7. The van der Waals surface area contributed by atoms with Gasteiger partial charge in [-0.2, -0.15) is 0 Å². The summed E-state index contributed by atoms with van der Waals surface area (Å²) in [5.74, 6) is 0.531. The molecular formula is C24H19BrN2O. The van der Waals surface area contributed by atoms with Gasteiger partial charge >= 0.3 is 0 Å². The third-order valence-electron chi connectivity index (χ3n) is 4.60. The lowest BCUT2D eigenvalue weighted by molar-refractivity contribution is -0.113. The Labute approximate surface area is 173 Å². The standard InChI is InChI=1S/C24H19BrN2O/c1-16-6-10-19(11-7-16)23-26-22(15-18-8-12-20(25)13-9-18)24(28)27(23)21-5-3-4-17(2)14-21/h3-15H,1-2H3/b22-15-. The number of hydrogen-bond donors (Lipinski definition) is 0. The largest absolute Gasteiger partial charge is 0.282 e. The summed E-state index contributed by atoms with van der Waals surface area (Å²) in [7, 11) is 0. The first-order valence-corrected chi connectivity index (χ1v) is 9.85. The summed E-state index contributed by atoms with van der Waals surface area (Å²) < 4.78 is 0.998. The molecule has 0 unspecified atom stereocenters. The number of carbonyl (C=O) groups excluding carboxylic acids is 1. The number of rotatable bonds is 3. The molecule has 28 heavy (non-hydrogen) atoms. The van der Waals surface area contributed by atoms with Crippen molar-refractivity contribution in [2.24, 2.45) is 4.99 Å². The zero-order valence-corrected chi connectivity index (χ0v) is 17.3. The van der Waals surface area contributed by atoms with Crippen molar-refractivity contribution in [2.45, 2.75) is 13.8 Å². The fourth-order valence-corrected chi connectivity index (χ4v) is 3.40. The maximum Gasteiger partial charge on any atom is 0.282 e. The van der Waals surface area contributed by atoms with Crippen LogP contribution in [0, 0.1) is 13.8 Å². The molecule has 0 radical (unpaired) electrons. The third-order valence-corrected chi connectivity index (χ3v) is 5.13. The van der Waals surface area contributed by atoms with Gasteiger partial charge in [-0.05, 0) is 55.3 Å². The van der Waals surface area contributed by atoms with E-state index in [2.05, 4.69) is 15.9 Å². The van der Waals surface area contributed by atoms with Crippen LogP contribution in [0.1, 0.15) is 22.3 Å². The summed E-state index contributed by atoms with van der Waals surface area (Å²) in [6.45, 7) is 4.06. The molecule has 0 saturated heterocycles. The van der Waals surface area contributed by atoms with Crippen LogP contribution in [-0.2, 0) is 4.79 Å². The Hall–Kier alpha value is -2.98. The van der Waals surface area contributed by atoms with Gasteiger partial charge in [0.2, 0.25) is 0 Å². The fourth-order valence-electron chi connectivity index (χ4n) is 3.14. The monoisotopic (exact) mass is 430 g/mol. The molecule has 4 rings (SSSR count). The minimum absolute atomic E-state index is 0.121. The highest BCUT2D eigenvalue weighted by Crippen LogP contribution is 2.28. The number of hydrogen-bond acceptors (Lipinski definition) is 2. The van der Waals surface area contributed by atoms with Crippen molar-refractivity contribution >= 4 is 39.4 Å². The number of amidine groups is 1. The predicted molar refractivity (Wildman–Crippen MR) is 119 cm³/mol. The first kappa shape index (κ1) is 18.4. The molecule has 1 heterocycles. The van der Waals surface area contributed by atoms with Gasteiger partial charge in [0.25, 0.3) is 5.91 Å². The van der Waals surface area contributed by atoms with Crippen molar-refractivity contribution in [2.75, 3.05) is 4.90 Å². The zero-order chi connectivity index (χ0) is 19.7. The molecule has 0 atom stereocenters. The van der Waals surface area contributed by atoms with Crippen molar-refractivity contribution in [3.05, 3.63) is 105 Å². The van der Waals surface area contributed by atoms with Crippen LogP contribution in [0.25, 0.3) is 6.08 Å². The number of halogens is 1. The van der Waals surface area contributed by atoms with Gasteiger partial charge in [-0.25, -0.2) is 4.99 Å². The second-order valence-electron chi connectivity index (χ2n) is 6.86. The van der Waals surface area contributed by atoms with Crippen LogP contribution in [-0.4, -0.2) is 11.7 Å². The highest BCUT2D eigenvalue weighted by molar-refractivity contribution is 9.10. The van der Waals surface area contributed by atoms with Gasteiger partial charge in [0.15, 0.2) is 0 Å². The molecule has 0 saturated carbocycles. The minimum atomic E-state index is -0.121. The maximum absolute atomic E-state index is 13.3. The van der Waals surface area contributed by atoms with Crippen LogP contribution < -0.4 is 4.90 Å². The molecule has 4 heteroatoms. The van der Waals surface area contributed by atoms with E-state index in [0.29, 0.717) is 11.5 Å². The molecule has 0 spiro atoms. The Morgan fingerprint density at radius 2 is 1.61 bits per heavy atom. The van der Waals surface area contributed by atoms with Crippen LogP contribution in [0.15, 0.2) is 88.0 Å². The van der Waals surface area contributed by atoms with E-state index < -0.39 is 0 Å². The van der Waals surface area contributed by atoms with Crippen molar-refractivity contribution in [1.29, 1.82) is 0 Å². The molecule has 0 aromatic heterocycles. The van der Waals surface area contributed by atoms with E-state index in [1.54, 1.807) is 4.90 Å². The van der Waals surface area contributed by atoms with Gasteiger partial charge in [-0.3, -0.25) is 9.69 Å². The molecule has 0 fully saturated rings. The Morgan fingerprint density at radius 3 is 2.29 bits per heavy atom. The van der Waals surface area contributed by atoms with E-state index >= 15 is 0 Å². The highest BCUT2D eigenvalue weighted by atomic mass is 79.9. The lowest BCUT2D eigenvalue weighted by Gasteiger charge is -2.19. The molecule has 1 amide bonds. The Bertz CT molecular complexity index is 1100. The smallest absolute Gasteiger partial charge is 0.266 e. The number of carbonyl (C=O) groups is 1. The van der Waals surface area contributed by atoms with Gasteiger partial charge in [-0.15, -0.1) is 0 Å². The van der Waals surface area contributed by atoms with E-state index in [4.69, 9.17) is 4.99 Å². The second kappa shape index (κ2) is 7.56. The summed E-state index contributed by atoms with van der Waals surface area (Å²) in [6.07, 6.45) is 1.83. The number of benzene rings is 3. The normalized spacial score (nSPS) is 15.2. The Balaban J connectivity index is 1.82. The zero-order valence-electron chi connectivity index (χ0n) is 15.7. The van der Waals surface area contributed by atoms with Crippen molar-refractivity contribution in [1.82, 2.24) is 0 Å². The number of anilines is 1. The third kappa shape index (κ3) is 3.69. The number of nitrogens with zero attached hydrogens (tertiary/aromatic N) is 2. The van der Waals surface area contributed by atoms with Crippen molar-refractivity contribution in [3.8, 4) is 0 Å². The van der Waals surface area contributed by atoms with E-state index in [1.807, 2.05) is 92.7 Å². The summed E-state index contributed by atoms with van der Waals surface area (Å²) in [5.41, 5.74) is 5.37. The number of amides is 1. The molecule has 1 aliphatic rings. The second-order valence-corrected chi connectivity index (χ2v) is 7.78. The van der Waals surface area contributed by atoms with Gasteiger partial charge in [-0.1, -0.05) is 70.0 Å². The van der Waals surface area contributed by atoms with Crippen LogP contribution in [0.3, 0.4) is 0 Å². The molecule has 0 bridgehead atoms. The molecule has 0 N–H and O–H groups in total. The maximum atomic E-state index is 13.3. The summed E-state index contributed by atoms with van der Waals surface area (Å²) >= 11 is 3.44. The molecule has 0 aliphatic carbocycles. The molecule has 3 nitrogen and oxygen atoms in total. The van der Waals surface area contributed by atoms with Crippen LogP contribution >= 0.6 is 15.9 Å². The van der Waals surface area contributed by atoms with Crippen LogP contribution in [0.2, 0.25) is 0 Å². The van der Waals surface area contributed by atoms with E-state index in [-0.39, 0.29) is 5.91 Å². The van der Waals surface area contributed by atoms with Crippen molar-refractivity contribution < 1.29 is 4.79 Å². The lowest BCUT2D eigenvalue weighted by atomic mass is 10.1. The Morgan fingerprint density at radius 1 is 0.893 bits per heavy atom. The fraction of sp³-hybridized carbons (Fsp3) is 0.0833. The van der Waals surface area contributed by atoms with Gasteiger partial charge in [0.1, 0.15) is 11.5 Å². The average Bonchev–Trinajstić information content (AvgIpc) is 3.00. The number of aryl methyl sites for hydroxylation is 2. The lowest BCUT2D eigenvalue weighted by Crippen LogP contribution is -2.32. The van der Waals surface area contributed by atoms with E-state index in [9.17, 15) is 4.79 Å². The summed E-state index contributed by atoms with van der Waals surface area (Å²) in [5, 5.41) is 0. The van der Waals surface area contributed by atoms with Gasteiger partial charge in [0.05, 0.1) is 5.69 Å². The number of aliphatic imine (C=N–C) groups is 1. The quantitative estimate of drug-likeness (QED) is 0.476. The van der Waals surface area contributed by atoms with Crippen LogP contribution in [0.5, 0.6) is 0 Å². The van der Waals surface area contributed by atoms with Crippen LogP contribution in [0.4, 0.5) is 5.69 Å². The average molecular weight is 431 g/mol. The topological polar surface area (TPSA) is 32.7 Å². The van der Waals surface area contributed by atoms with E-state index in [1.165, 1.54) is 5.56 Å². The van der Waals surface area contributed by atoms with Gasteiger partial charge in [0, 0.05) is 10.0 Å². The Kier molecular flexibility index (Phi) is 4.97. The van der Waals surface area contributed by atoms with Gasteiger partial charge < -0.3 is 0 Å². The van der Waals surface area contributed by atoms with E-state index in [0.717, 1.165) is 26.9 Å². The predicted octanol–water partition coefficient (Wildman–Crippen LogP) is 5.90. The molecule has 3 aromatic carbocycles. The molecular weight excluding hydrogens is 412 g/mol.